The zero-order valence-corrected chi connectivity index (χ0v) is 18.8. The van der Waals surface area contributed by atoms with Gasteiger partial charge in [0, 0.05) is 40.0 Å². The number of para-hydroxylation sites is 3. The van der Waals surface area contributed by atoms with Crippen LogP contribution in [-0.4, -0.2) is 4.98 Å². The van der Waals surface area contributed by atoms with Crippen LogP contribution in [0.25, 0.3) is 21.9 Å². The van der Waals surface area contributed by atoms with Crippen LogP contribution in [0.2, 0.25) is 0 Å². The second-order valence-electron chi connectivity index (χ2n) is 6.90. The van der Waals surface area contributed by atoms with Crippen molar-refractivity contribution in [1.82, 2.24) is 9.97 Å². The molecule has 5 heteroatoms. The molecule has 0 unspecified atom stereocenters. The van der Waals surface area contributed by atoms with E-state index in [1.54, 1.807) is 6.20 Å². The van der Waals surface area contributed by atoms with E-state index in [-0.39, 0.29) is 22.4 Å². The summed E-state index contributed by atoms with van der Waals surface area (Å²) in [6.45, 7) is 2.07. The molecule has 2 aromatic heterocycles. The summed E-state index contributed by atoms with van der Waals surface area (Å²) in [5.74, 6) is 0. The summed E-state index contributed by atoms with van der Waals surface area (Å²) in [6.07, 6.45) is 5.92. The summed E-state index contributed by atoms with van der Waals surface area (Å²) in [7, 11) is 0. The number of anilines is 2. The van der Waals surface area contributed by atoms with Gasteiger partial charge in [0.1, 0.15) is 0 Å². The normalized spacial score (nSPS) is 12.5. The van der Waals surface area contributed by atoms with E-state index in [9.17, 15) is 0 Å². The number of hydrogen-bond acceptors (Lipinski definition) is 3. The van der Waals surface area contributed by atoms with Crippen molar-refractivity contribution < 1.29 is 22.4 Å². The summed E-state index contributed by atoms with van der Waals surface area (Å²) in [6, 6.07) is 32.6. The fourth-order valence-electron chi connectivity index (χ4n) is 3.46. The molecular weight excluding hydrogens is 565 g/mol. The molecule has 0 N–H and O–H groups in total. The summed E-state index contributed by atoms with van der Waals surface area (Å²) in [5.41, 5.74) is 5.34. The van der Waals surface area contributed by atoms with E-state index in [1.807, 2.05) is 66.7 Å². The zero-order valence-electron chi connectivity index (χ0n) is 16.6. The first-order chi connectivity index (χ1) is 14.9. The molecule has 157 valence electrons. The molecule has 3 heterocycles. The van der Waals surface area contributed by atoms with Gasteiger partial charge in [-0.3, -0.25) is 4.98 Å². The van der Waals surface area contributed by atoms with Crippen molar-refractivity contribution in [3.05, 3.63) is 122 Å². The Hall–Kier alpha value is -3.31. The Morgan fingerprint density at radius 2 is 1.16 bits per heavy atom. The van der Waals surface area contributed by atoms with Gasteiger partial charge in [-0.25, -0.2) is 0 Å². The molecule has 1 aliphatic heterocycles. The predicted octanol–water partition coefficient (Wildman–Crippen LogP) is 5.95. The van der Waals surface area contributed by atoms with Crippen LogP contribution in [0.5, 0.6) is 0 Å². The number of fused-ring (bicyclic) bond motifs is 3. The zero-order chi connectivity index (χ0) is 20.2. The van der Waals surface area contributed by atoms with Gasteiger partial charge in [-0.2, -0.15) is 0 Å². The Morgan fingerprint density at radius 3 is 1.81 bits per heavy atom. The molecule has 1 aliphatic rings. The van der Waals surface area contributed by atoms with E-state index in [0.29, 0.717) is 0 Å². The average Bonchev–Trinajstić information content (AvgIpc) is 3.46. The van der Waals surface area contributed by atoms with Crippen LogP contribution >= 0.6 is 0 Å². The van der Waals surface area contributed by atoms with Crippen molar-refractivity contribution in [2.75, 3.05) is 9.80 Å². The number of rotatable bonds is 2. The van der Waals surface area contributed by atoms with Gasteiger partial charge in [0.25, 0.3) is 0 Å². The van der Waals surface area contributed by atoms with Crippen molar-refractivity contribution in [2.45, 2.75) is 0 Å². The first kappa shape index (κ1) is 20.9. The first-order valence-electron chi connectivity index (χ1n) is 9.85. The Morgan fingerprint density at radius 1 is 0.613 bits per heavy atom. The summed E-state index contributed by atoms with van der Waals surface area (Å²) in [5, 5.41) is 1.14. The molecule has 0 fully saturated rings. The van der Waals surface area contributed by atoms with Crippen molar-refractivity contribution >= 4 is 33.3 Å². The number of nitrogens with zero attached hydrogens (tertiary/aromatic N) is 4. The average molecular weight is 585 g/mol. The molecule has 4 nitrogen and oxygen atoms in total. The van der Waals surface area contributed by atoms with Gasteiger partial charge < -0.3 is 14.8 Å². The van der Waals surface area contributed by atoms with E-state index in [2.05, 4.69) is 69.2 Å². The monoisotopic (exact) mass is 585 g/mol. The Bertz CT molecular complexity index is 1180. The van der Waals surface area contributed by atoms with Crippen LogP contribution in [-0.2, 0) is 22.4 Å². The van der Waals surface area contributed by atoms with Gasteiger partial charge in [0.15, 0.2) is 0 Å². The third-order valence-electron chi connectivity index (χ3n) is 4.93. The van der Waals surface area contributed by atoms with Crippen molar-refractivity contribution in [3.8, 4) is 0 Å². The molecule has 5 aromatic rings. The molecule has 3 aromatic carbocycles. The van der Waals surface area contributed by atoms with Gasteiger partial charge in [0.05, 0.1) is 5.52 Å². The van der Waals surface area contributed by atoms with Crippen LogP contribution in [0.4, 0.5) is 11.4 Å². The molecule has 31 heavy (non-hydrogen) atoms. The van der Waals surface area contributed by atoms with Gasteiger partial charge in [-0.05, 0) is 48.1 Å². The maximum absolute atomic E-state index is 4.45. The molecule has 0 amide bonds. The number of aromatic nitrogens is 2. The molecule has 0 saturated heterocycles. The minimum absolute atomic E-state index is 0. The molecule has 0 saturated carbocycles. The van der Waals surface area contributed by atoms with Crippen molar-refractivity contribution in [2.24, 2.45) is 0 Å². The molecule has 0 bridgehead atoms. The van der Waals surface area contributed by atoms with Gasteiger partial charge in [0.2, 0.25) is 0 Å². The minimum Gasteiger partial charge on any atom is -0.656 e. The molecule has 6 rings (SSSR count). The predicted molar refractivity (Wildman–Crippen MR) is 124 cm³/mol. The smallest absolute Gasteiger partial charge is 0.0543 e. The topological polar surface area (TPSA) is 33.5 Å². The fourth-order valence-corrected chi connectivity index (χ4v) is 3.46. The van der Waals surface area contributed by atoms with E-state index >= 15 is 0 Å². The maximum Gasteiger partial charge on any atom is 0.0543 e. The quantitative estimate of drug-likeness (QED) is 0.190. The van der Waals surface area contributed by atoms with Gasteiger partial charge >= 0.3 is 0 Å². The molecule has 0 aliphatic carbocycles. The van der Waals surface area contributed by atoms with Crippen LogP contribution in [0, 0.1) is 6.67 Å². The molecule has 0 spiro atoms. The van der Waals surface area contributed by atoms with Crippen LogP contribution in [0.15, 0.2) is 116 Å². The number of pyridine rings is 1. The summed E-state index contributed by atoms with van der Waals surface area (Å²) < 4.78 is 0. The summed E-state index contributed by atoms with van der Waals surface area (Å²) >= 11 is 0. The molecule has 1 radical (unpaired) electrons. The second kappa shape index (κ2) is 9.67. The Labute approximate surface area is 197 Å². The minimum atomic E-state index is 0. The van der Waals surface area contributed by atoms with E-state index < -0.39 is 0 Å². The number of benzene rings is 3. The van der Waals surface area contributed by atoms with E-state index in [4.69, 9.17) is 0 Å². The Balaban J connectivity index is 0.000000149. The summed E-state index contributed by atoms with van der Waals surface area (Å²) in [4.78, 5) is 13.0. The number of hydrogen-bond donors (Lipinski definition) is 0. The maximum atomic E-state index is 4.45. The van der Waals surface area contributed by atoms with Gasteiger partial charge in [-0.1, -0.05) is 66.7 Å². The van der Waals surface area contributed by atoms with Crippen LogP contribution in [0.1, 0.15) is 0 Å². The first-order valence-corrected chi connectivity index (χ1v) is 9.85. The van der Waals surface area contributed by atoms with Gasteiger partial charge in [-0.15, -0.1) is 17.7 Å². The molecule has 0 atom stereocenters. The third kappa shape index (κ3) is 4.57. The van der Waals surface area contributed by atoms with E-state index in [0.717, 1.165) is 21.9 Å². The van der Waals surface area contributed by atoms with Crippen molar-refractivity contribution in [1.29, 1.82) is 0 Å². The van der Waals surface area contributed by atoms with Crippen LogP contribution in [0.3, 0.4) is 0 Å². The Kier molecular flexibility index (Phi) is 6.53. The third-order valence-corrected chi connectivity index (χ3v) is 4.93. The van der Waals surface area contributed by atoms with Crippen LogP contribution < -0.4 is 14.8 Å². The standard InChI is InChI=1S/C15H13N2.C11H7N2.Au/c1-3-7-14(8-4-1)16-11-12-17(13-16)15-9-5-2-6-10-15;1-2-5-9-8(4-1)11-10(13-9)6-3-7-12-11;/h1-13H;1-7H;/q2*-1;. The van der Waals surface area contributed by atoms with Crippen molar-refractivity contribution in [3.63, 3.8) is 0 Å². The van der Waals surface area contributed by atoms with E-state index in [1.165, 1.54) is 11.4 Å². The second-order valence-corrected chi connectivity index (χ2v) is 6.90. The fraction of sp³-hybridized carbons (Fsp3) is 0. The largest absolute Gasteiger partial charge is 0.656 e. The molecular formula is C26H20AuN4-2. The SMILES string of the molecule is C1=CN(c2ccccc2)[CH-]N1c1ccccc1.[Au].c1ccc2c(c1)[n-]c1cccnc12.